The molecule has 0 aliphatic rings. The predicted octanol–water partition coefficient (Wildman–Crippen LogP) is 4.05. The van der Waals surface area contributed by atoms with E-state index in [4.69, 9.17) is 0 Å². The maximum atomic E-state index is 12.6. The summed E-state index contributed by atoms with van der Waals surface area (Å²) in [5.74, 6) is 0. The highest BCUT2D eigenvalue weighted by Crippen LogP contribution is 2.24. The summed E-state index contributed by atoms with van der Waals surface area (Å²) in [7, 11) is 2.68. The Morgan fingerprint density at radius 2 is 1.52 bits per heavy atom. The molecule has 0 fully saturated rings. The lowest BCUT2D eigenvalue weighted by atomic mass is 10.0. The van der Waals surface area contributed by atoms with Crippen molar-refractivity contribution in [3.8, 4) is 0 Å². The fourth-order valence-electron chi connectivity index (χ4n) is 2.14. The SMILES string of the molecule is CN(C)c1ccccc1/C(=N\[S@](=O)C(C)(C)C)c1ccccc1. The molecular weight excluding hydrogens is 304 g/mol. The second kappa shape index (κ2) is 7.09. The van der Waals surface area contributed by atoms with E-state index in [1.54, 1.807) is 0 Å². The second-order valence-electron chi connectivity index (χ2n) is 6.58. The third-order valence-corrected chi connectivity index (χ3v) is 4.78. The van der Waals surface area contributed by atoms with Crippen molar-refractivity contribution in [2.75, 3.05) is 19.0 Å². The van der Waals surface area contributed by atoms with E-state index >= 15 is 0 Å². The van der Waals surface area contributed by atoms with Crippen LogP contribution < -0.4 is 4.90 Å². The minimum Gasteiger partial charge on any atom is -0.377 e. The van der Waals surface area contributed by atoms with Crippen LogP contribution in [0.4, 0.5) is 5.69 Å². The normalized spacial score (nSPS) is 13.7. The van der Waals surface area contributed by atoms with Gasteiger partial charge in [-0.15, -0.1) is 0 Å². The maximum absolute atomic E-state index is 12.6. The molecule has 0 unspecified atom stereocenters. The molecule has 0 saturated heterocycles. The molecule has 0 aliphatic heterocycles. The molecule has 1 atom stereocenters. The third kappa shape index (κ3) is 4.29. The molecule has 0 amide bonds. The maximum Gasteiger partial charge on any atom is 0.145 e. The van der Waals surface area contributed by atoms with Crippen LogP contribution in [0.25, 0.3) is 0 Å². The van der Waals surface area contributed by atoms with Gasteiger partial charge in [0.25, 0.3) is 0 Å². The molecule has 2 rings (SSSR count). The molecule has 0 bridgehead atoms. The molecule has 2 aromatic rings. The summed E-state index contributed by atoms with van der Waals surface area (Å²) in [5, 5.41) is 0. The van der Waals surface area contributed by atoms with E-state index in [9.17, 15) is 4.21 Å². The smallest absolute Gasteiger partial charge is 0.145 e. The first kappa shape index (κ1) is 17.4. The van der Waals surface area contributed by atoms with E-state index < -0.39 is 15.7 Å². The van der Waals surface area contributed by atoms with E-state index in [0.29, 0.717) is 0 Å². The van der Waals surface area contributed by atoms with Gasteiger partial charge in [0.05, 0.1) is 10.5 Å². The molecule has 23 heavy (non-hydrogen) atoms. The molecule has 0 aliphatic carbocycles. The average Bonchev–Trinajstić information content (AvgIpc) is 2.52. The number of benzene rings is 2. The molecule has 0 N–H and O–H groups in total. The first-order valence-corrected chi connectivity index (χ1v) is 8.74. The van der Waals surface area contributed by atoms with Gasteiger partial charge in [0.1, 0.15) is 11.0 Å². The second-order valence-corrected chi connectivity index (χ2v) is 8.48. The van der Waals surface area contributed by atoms with Crippen LogP contribution in [0.1, 0.15) is 31.9 Å². The predicted molar refractivity (Wildman–Crippen MR) is 101 cm³/mol. The van der Waals surface area contributed by atoms with Gasteiger partial charge in [-0.05, 0) is 26.8 Å². The van der Waals surface area contributed by atoms with Crippen LogP contribution in [0, 0.1) is 0 Å². The van der Waals surface area contributed by atoms with E-state index in [-0.39, 0.29) is 0 Å². The van der Waals surface area contributed by atoms with Crippen molar-refractivity contribution in [3.63, 3.8) is 0 Å². The highest BCUT2D eigenvalue weighted by atomic mass is 32.2. The van der Waals surface area contributed by atoms with E-state index in [0.717, 1.165) is 22.5 Å². The number of anilines is 1. The first-order valence-electron chi connectivity index (χ1n) is 7.63. The first-order chi connectivity index (χ1) is 10.8. The molecular formula is C19H24N2OS. The van der Waals surface area contributed by atoms with Gasteiger partial charge in [-0.1, -0.05) is 48.5 Å². The Hall–Kier alpha value is -1.94. The molecule has 0 radical (unpaired) electrons. The number of para-hydroxylation sites is 1. The van der Waals surface area contributed by atoms with Crippen molar-refractivity contribution >= 4 is 22.4 Å². The van der Waals surface area contributed by atoms with Crippen LogP contribution in [-0.2, 0) is 11.0 Å². The zero-order valence-corrected chi connectivity index (χ0v) is 15.2. The topological polar surface area (TPSA) is 32.7 Å². The van der Waals surface area contributed by atoms with Gasteiger partial charge in [0, 0.05) is 30.9 Å². The van der Waals surface area contributed by atoms with E-state index in [1.807, 2.05) is 94.4 Å². The number of rotatable bonds is 4. The molecule has 2 aromatic carbocycles. The van der Waals surface area contributed by atoms with Crippen molar-refractivity contribution in [1.82, 2.24) is 0 Å². The molecule has 0 aromatic heterocycles. The Balaban J connectivity index is 2.65. The summed E-state index contributed by atoms with van der Waals surface area (Å²) in [4.78, 5) is 2.05. The van der Waals surface area contributed by atoms with E-state index in [2.05, 4.69) is 4.40 Å². The molecule has 0 heterocycles. The van der Waals surface area contributed by atoms with Crippen molar-refractivity contribution in [3.05, 3.63) is 65.7 Å². The van der Waals surface area contributed by atoms with Gasteiger partial charge < -0.3 is 4.90 Å². The van der Waals surface area contributed by atoms with Gasteiger partial charge in [-0.2, -0.15) is 4.40 Å². The van der Waals surface area contributed by atoms with Crippen LogP contribution in [0.2, 0.25) is 0 Å². The van der Waals surface area contributed by atoms with E-state index in [1.165, 1.54) is 0 Å². The van der Waals surface area contributed by atoms with Crippen molar-refractivity contribution in [2.24, 2.45) is 4.40 Å². The lowest BCUT2D eigenvalue weighted by Gasteiger charge is -2.20. The summed E-state index contributed by atoms with van der Waals surface area (Å²) in [5.41, 5.74) is 3.78. The zero-order valence-electron chi connectivity index (χ0n) is 14.4. The molecule has 0 spiro atoms. The Bertz CT molecular complexity index is 716. The largest absolute Gasteiger partial charge is 0.377 e. The monoisotopic (exact) mass is 328 g/mol. The number of hydrogen-bond donors (Lipinski definition) is 0. The zero-order chi connectivity index (χ0) is 17.0. The van der Waals surface area contributed by atoms with Crippen LogP contribution in [0.5, 0.6) is 0 Å². The number of hydrogen-bond acceptors (Lipinski definition) is 2. The molecule has 0 saturated carbocycles. The minimum absolute atomic E-state index is 0.396. The highest BCUT2D eigenvalue weighted by molar-refractivity contribution is 7.85. The van der Waals surface area contributed by atoms with Crippen LogP contribution in [0.15, 0.2) is 59.0 Å². The van der Waals surface area contributed by atoms with Gasteiger partial charge in [-0.3, -0.25) is 0 Å². The molecule has 122 valence electrons. The summed E-state index contributed by atoms with van der Waals surface area (Å²) in [6.45, 7) is 5.81. The van der Waals surface area contributed by atoms with Gasteiger partial charge in [-0.25, -0.2) is 4.21 Å². The lowest BCUT2D eigenvalue weighted by molar-refractivity contribution is 0.650. The van der Waals surface area contributed by atoms with Crippen LogP contribution in [-0.4, -0.2) is 28.8 Å². The summed E-state index contributed by atoms with van der Waals surface area (Å²) < 4.78 is 16.8. The Kier molecular flexibility index (Phi) is 5.37. The Morgan fingerprint density at radius 3 is 2.09 bits per heavy atom. The highest BCUT2D eigenvalue weighted by Gasteiger charge is 2.22. The lowest BCUT2D eigenvalue weighted by Crippen LogP contribution is -2.22. The fraction of sp³-hybridized carbons (Fsp3) is 0.316. The third-order valence-electron chi connectivity index (χ3n) is 3.39. The number of nitrogens with zero attached hydrogens (tertiary/aromatic N) is 2. The fourth-order valence-corrected chi connectivity index (χ4v) is 2.78. The van der Waals surface area contributed by atoms with Gasteiger partial charge in [0.15, 0.2) is 0 Å². The molecule has 4 heteroatoms. The van der Waals surface area contributed by atoms with Crippen molar-refractivity contribution in [1.29, 1.82) is 0 Å². The minimum atomic E-state index is -1.32. The Morgan fingerprint density at radius 1 is 0.957 bits per heavy atom. The van der Waals surface area contributed by atoms with Crippen molar-refractivity contribution in [2.45, 2.75) is 25.5 Å². The Labute approximate surface area is 141 Å². The van der Waals surface area contributed by atoms with Crippen LogP contribution in [0.3, 0.4) is 0 Å². The standard InChI is InChI=1S/C19H24N2OS/c1-19(2,3)23(22)20-18(15-11-7-6-8-12-15)16-13-9-10-14-17(16)21(4)5/h6-14H,1-5H3/b20-18-/t23-/m1/s1. The van der Waals surface area contributed by atoms with Crippen molar-refractivity contribution < 1.29 is 4.21 Å². The van der Waals surface area contributed by atoms with Gasteiger partial charge in [0.2, 0.25) is 0 Å². The average molecular weight is 328 g/mol. The quantitative estimate of drug-likeness (QED) is 0.793. The summed E-state index contributed by atoms with van der Waals surface area (Å²) >= 11 is 0. The summed E-state index contributed by atoms with van der Waals surface area (Å²) in [6, 6.07) is 18.0. The van der Waals surface area contributed by atoms with Crippen LogP contribution >= 0.6 is 0 Å². The summed E-state index contributed by atoms with van der Waals surface area (Å²) in [6.07, 6.45) is 0. The van der Waals surface area contributed by atoms with Gasteiger partial charge >= 0.3 is 0 Å². The molecule has 3 nitrogen and oxygen atoms in total.